The molecule has 0 bridgehead atoms. The van der Waals surface area contributed by atoms with Crippen molar-refractivity contribution in [1.29, 1.82) is 0 Å². The maximum absolute atomic E-state index is 14.3. The van der Waals surface area contributed by atoms with Crippen molar-refractivity contribution in [3.05, 3.63) is 64.3 Å². The molecule has 26 heavy (non-hydrogen) atoms. The molecule has 10 heteroatoms. The summed E-state index contributed by atoms with van der Waals surface area (Å²) in [5, 5.41) is 10.0. The van der Waals surface area contributed by atoms with Gasteiger partial charge in [0.05, 0.1) is 11.1 Å². The van der Waals surface area contributed by atoms with Crippen molar-refractivity contribution in [2.45, 2.75) is 9.89 Å². The van der Waals surface area contributed by atoms with Gasteiger partial charge in [0.15, 0.2) is 5.00 Å². The summed E-state index contributed by atoms with van der Waals surface area (Å²) in [5.74, 6) is -1.84. The van der Waals surface area contributed by atoms with E-state index in [4.69, 9.17) is 11.6 Å². The lowest BCUT2D eigenvalue weighted by atomic mass is 10.1. The monoisotopic (exact) mass is 464 g/mol. The lowest BCUT2D eigenvalue weighted by Crippen LogP contribution is -2.44. The highest BCUT2D eigenvalue weighted by atomic mass is 79.9. The van der Waals surface area contributed by atoms with Gasteiger partial charge in [0.1, 0.15) is 16.5 Å². The molecule has 0 radical (unpaired) electrons. The maximum atomic E-state index is 14.3. The number of alkyl halides is 1. The van der Waals surface area contributed by atoms with Crippen LogP contribution in [0.5, 0.6) is 0 Å². The van der Waals surface area contributed by atoms with Gasteiger partial charge < -0.3 is 10.1 Å². The summed E-state index contributed by atoms with van der Waals surface area (Å²) >= 11 is 8.98. The number of para-hydroxylation sites is 1. The van der Waals surface area contributed by atoms with Crippen molar-refractivity contribution >= 4 is 48.5 Å². The molecule has 2 aromatic carbocycles. The second kappa shape index (κ2) is 6.90. The number of H-pyrrole nitrogens is 1. The zero-order chi connectivity index (χ0) is 19.1. The van der Waals surface area contributed by atoms with E-state index in [9.17, 15) is 22.3 Å². The number of halogens is 4. The molecule has 0 aliphatic carbocycles. The van der Waals surface area contributed by atoms with Gasteiger partial charge in [-0.15, -0.1) is 0 Å². The Labute approximate surface area is 161 Å². The van der Waals surface area contributed by atoms with Gasteiger partial charge in [-0.2, -0.15) is 4.72 Å². The number of aromatic amines is 1. The Morgan fingerprint density at radius 2 is 1.92 bits per heavy atom. The van der Waals surface area contributed by atoms with E-state index < -0.39 is 38.8 Å². The number of hydrogen-bond donors (Lipinski definition) is 3. The molecule has 1 aromatic heterocycles. The Balaban J connectivity index is 2.08. The number of rotatable bonds is 5. The van der Waals surface area contributed by atoms with Gasteiger partial charge in [-0.25, -0.2) is 17.2 Å². The molecule has 1 heterocycles. The first-order valence-corrected chi connectivity index (χ1v) is 9.88. The predicted molar refractivity (Wildman–Crippen MR) is 97.3 cm³/mol. The molecule has 3 rings (SSSR count). The average molecular weight is 466 g/mol. The van der Waals surface area contributed by atoms with E-state index in [1.54, 1.807) is 24.3 Å². The summed E-state index contributed by atoms with van der Waals surface area (Å²) < 4.78 is 55.5. The third-order valence-corrected chi connectivity index (χ3v) is 6.46. The van der Waals surface area contributed by atoms with Crippen molar-refractivity contribution in [3.8, 4) is 0 Å². The van der Waals surface area contributed by atoms with E-state index in [1.807, 2.05) is 0 Å². The lowest BCUT2D eigenvalue weighted by molar-refractivity contribution is 0.233. The van der Waals surface area contributed by atoms with Gasteiger partial charge >= 0.3 is 0 Å². The quantitative estimate of drug-likeness (QED) is 0.306. The topological polar surface area (TPSA) is 82.2 Å². The van der Waals surface area contributed by atoms with Crippen LogP contribution in [0.2, 0.25) is 0 Å². The minimum absolute atomic E-state index is 0.135. The number of aromatic nitrogens is 1. The Morgan fingerprint density at radius 3 is 2.62 bits per heavy atom. The second-order valence-corrected chi connectivity index (χ2v) is 8.66. The molecule has 0 saturated heterocycles. The van der Waals surface area contributed by atoms with Crippen molar-refractivity contribution in [2.75, 3.05) is 6.61 Å². The summed E-state index contributed by atoms with van der Waals surface area (Å²) in [4.78, 5) is 0.377. The highest BCUT2D eigenvalue weighted by Crippen LogP contribution is 2.34. The zero-order valence-corrected chi connectivity index (χ0v) is 16.1. The van der Waals surface area contributed by atoms with Gasteiger partial charge in [-0.3, -0.25) is 0 Å². The van der Waals surface area contributed by atoms with Gasteiger partial charge in [0.25, 0.3) is 0 Å². The first-order chi connectivity index (χ1) is 12.2. The van der Waals surface area contributed by atoms with Crippen LogP contribution in [0.25, 0.3) is 10.9 Å². The molecule has 0 aliphatic heterocycles. The standard InChI is InChI=1S/C16H12BrClF2N2O3S/c17-11-6-12(19)10(5-13(11)20)16(18,8-23)22-26(24,25)15-7-21-14-4-2-1-3-9(14)15/h1-7,21-23H,8H2. The fourth-order valence-corrected chi connectivity index (χ4v) is 4.69. The number of benzene rings is 2. The molecular formula is C16H12BrClF2N2O3S. The molecule has 0 aliphatic rings. The second-order valence-electron chi connectivity index (χ2n) is 5.51. The van der Waals surface area contributed by atoms with E-state index in [2.05, 4.69) is 25.6 Å². The molecule has 1 unspecified atom stereocenters. The smallest absolute Gasteiger partial charge is 0.244 e. The van der Waals surface area contributed by atoms with E-state index in [-0.39, 0.29) is 9.37 Å². The van der Waals surface area contributed by atoms with E-state index >= 15 is 0 Å². The minimum Gasteiger partial charge on any atom is -0.393 e. The van der Waals surface area contributed by atoms with Crippen LogP contribution in [0.1, 0.15) is 5.56 Å². The van der Waals surface area contributed by atoms with E-state index in [1.165, 1.54) is 6.20 Å². The first kappa shape index (κ1) is 19.2. The first-order valence-electron chi connectivity index (χ1n) is 7.23. The highest BCUT2D eigenvalue weighted by Gasteiger charge is 2.38. The SMILES string of the molecule is O=S(=O)(NC(Cl)(CO)c1cc(F)c(Br)cc1F)c1c[nH]c2ccccc12. The Bertz CT molecular complexity index is 1090. The maximum Gasteiger partial charge on any atom is 0.244 e. The third-order valence-electron chi connectivity index (χ3n) is 3.79. The molecule has 3 N–H and O–H groups in total. The van der Waals surface area contributed by atoms with E-state index in [0.29, 0.717) is 10.9 Å². The Morgan fingerprint density at radius 1 is 1.23 bits per heavy atom. The van der Waals surface area contributed by atoms with Crippen molar-refractivity contribution in [3.63, 3.8) is 0 Å². The highest BCUT2D eigenvalue weighted by molar-refractivity contribution is 9.10. The number of nitrogens with one attached hydrogen (secondary N) is 2. The van der Waals surface area contributed by atoms with Crippen molar-refractivity contribution < 1.29 is 22.3 Å². The predicted octanol–water partition coefficient (Wildman–Crippen LogP) is 3.57. The third kappa shape index (κ3) is 3.37. The molecule has 3 aromatic rings. The van der Waals surface area contributed by atoms with Crippen LogP contribution in [-0.2, 0) is 15.0 Å². The zero-order valence-electron chi connectivity index (χ0n) is 12.9. The van der Waals surface area contributed by atoms with Gasteiger partial charge in [0, 0.05) is 22.7 Å². The van der Waals surface area contributed by atoms with Gasteiger partial charge in [-0.1, -0.05) is 29.8 Å². The van der Waals surface area contributed by atoms with Gasteiger partial charge in [0.2, 0.25) is 10.0 Å². The molecule has 1 atom stereocenters. The van der Waals surface area contributed by atoms with Crippen molar-refractivity contribution in [2.24, 2.45) is 0 Å². The summed E-state index contributed by atoms with van der Waals surface area (Å²) in [6.45, 7) is -1.01. The summed E-state index contributed by atoms with van der Waals surface area (Å²) in [6.07, 6.45) is 1.25. The fourth-order valence-electron chi connectivity index (χ4n) is 2.53. The van der Waals surface area contributed by atoms with Crippen LogP contribution >= 0.6 is 27.5 Å². The molecule has 0 fully saturated rings. The molecule has 0 amide bonds. The molecule has 138 valence electrons. The summed E-state index contributed by atoms with van der Waals surface area (Å²) in [5.41, 5.74) is 0.0312. The molecule has 5 nitrogen and oxygen atoms in total. The van der Waals surface area contributed by atoms with Crippen LogP contribution in [-0.4, -0.2) is 25.1 Å². The Hall–Kier alpha value is -1.52. The largest absolute Gasteiger partial charge is 0.393 e. The van der Waals surface area contributed by atoms with Crippen molar-refractivity contribution in [1.82, 2.24) is 9.71 Å². The molecular weight excluding hydrogens is 454 g/mol. The van der Waals surface area contributed by atoms with Crippen LogP contribution in [0.15, 0.2) is 52.0 Å². The fraction of sp³-hybridized carbons (Fsp3) is 0.125. The normalized spacial score (nSPS) is 14.5. The summed E-state index contributed by atoms with van der Waals surface area (Å²) in [6, 6.07) is 8.16. The number of sulfonamides is 1. The lowest BCUT2D eigenvalue weighted by Gasteiger charge is -2.27. The Kier molecular flexibility index (Phi) is 5.11. The number of aliphatic hydroxyl groups is 1. The number of hydrogen-bond acceptors (Lipinski definition) is 3. The van der Waals surface area contributed by atoms with Crippen LogP contribution in [0.3, 0.4) is 0 Å². The minimum atomic E-state index is -4.28. The number of fused-ring (bicyclic) bond motifs is 1. The van der Waals surface area contributed by atoms with Crippen LogP contribution in [0, 0.1) is 11.6 Å². The van der Waals surface area contributed by atoms with E-state index in [0.717, 1.165) is 12.1 Å². The molecule has 0 saturated carbocycles. The molecule has 0 spiro atoms. The summed E-state index contributed by atoms with van der Waals surface area (Å²) in [7, 11) is -4.28. The number of aliphatic hydroxyl groups excluding tert-OH is 1. The van der Waals surface area contributed by atoms with Crippen LogP contribution in [0.4, 0.5) is 8.78 Å². The van der Waals surface area contributed by atoms with Gasteiger partial charge in [-0.05, 0) is 34.1 Å². The average Bonchev–Trinajstić information content (AvgIpc) is 3.02. The van der Waals surface area contributed by atoms with Crippen LogP contribution < -0.4 is 4.72 Å².